The molecule has 26 heavy (non-hydrogen) atoms. The Bertz CT molecular complexity index is 927. The van der Waals surface area contributed by atoms with Crippen molar-refractivity contribution in [2.75, 3.05) is 17.7 Å². The van der Waals surface area contributed by atoms with E-state index in [9.17, 15) is 4.79 Å². The van der Waals surface area contributed by atoms with Crippen molar-refractivity contribution in [2.24, 2.45) is 0 Å². The van der Waals surface area contributed by atoms with E-state index in [0.717, 1.165) is 22.7 Å². The lowest BCUT2D eigenvalue weighted by molar-refractivity contribution is 0.102. The van der Waals surface area contributed by atoms with Crippen LogP contribution in [0.4, 0.5) is 17.2 Å². The molecule has 5 nitrogen and oxygen atoms in total. The summed E-state index contributed by atoms with van der Waals surface area (Å²) in [6.45, 7) is 1.89. The van der Waals surface area contributed by atoms with Crippen molar-refractivity contribution < 1.29 is 9.53 Å². The van der Waals surface area contributed by atoms with Crippen LogP contribution in [0.3, 0.4) is 0 Å². The molecule has 1 heterocycles. The van der Waals surface area contributed by atoms with Crippen LogP contribution in [-0.2, 0) is 0 Å². The number of hydrogen-bond donors (Lipinski definition) is 2. The molecule has 0 bridgehead atoms. The van der Waals surface area contributed by atoms with E-state index in [4.69, 9.17) is 16.3 Å². The summed E-state index contributed by atoms with van der Waals surface area (Å²) in [5, 5.41) is 6.69. The fourth-order valence-electron chi connectivity index (χ4n) is 2.42. The molecule has 2 aromatic carbocycles. The van der Waals surface area contributed by atoms with E-state index in [0.29, 0.717) is 16.4 Å². The molecule has 0 fully saturated rings. The zero-order chi connectivity index (χ0) is 18.5. The molecule has 0 aliphatic heterocycles. The van der Waals surface area contributed by atoms with Gasteiger partial charge in [-0.3, -0.25) is 4.79 Å². The number of anilines is 3. The van der Waals surface area contributed by atoms with Crippen LogP contribution in [0, 0.1) is 6.92 Å². The quantitative estimate of drug-likeness (QED) is 0.662. The minimum atomic E-state index is -0.212. The van der Waals surface area contributed by atoms with Gasteiger partial charge in [-0.15, -0.1) is 0 Å². The first kappa shape index (κ1) is 17.8. The largest absolute Gasteiger partial charge is 0.497 e. The number of methoxy groups -OCH3 is 1. The lowest BCUT2D eigenvalue weighted by Gasteiger charge is -2.10. The number of aromatic nitrogens is 1. The number of aryl methyl sites for hydroxylation is 1. The molecule has 0 aliphatic carbocycles. The first-order valence-corrected chi connectivity index (χ1v) is 8.37. The van der Waals surface area contributed by atoms with Gasteiger partial charge < -0.3 is 15.4 Å². The average Bonchev–Trinajstić information content (AvgIpc) is 2.65. The fourth-order valence-corrected chi connectivity index (χ4v) is 2.65. The molecule has 2 N–H and O–H groups in total. The SMILES string of the molecule is COc1ccc(Nc2cc(C(=O)Nc3ccc(Cl)cc3C)ccn2)cc1. The lowest BCUT2D eigenvalue weighted by Crippen LogP contribution is -2.13. The van der Waals surface area contributed by atoms with E-state index in [-0.39, 0.29) is 5.91 Å². The molecule has 1 amide bonds. The molecular formula is C20H18ClN3O2. The first-order chi connectivity index (χ1) is 12.5. The van der Waals surface area contributed by atoms with Gasteiger partial charge in [0.15, 0.2) is 0 Å². The number of nitrogens with zero attached hydrogens (tertiary/aromatic N) is 1. The number of benzene rings is 2. The minimum Gasteiger partial charge on any atom is -0.497 e. The van der Waals surface area contributed by atoms with Crippen molar-refractivity contribution in [2.45, 2.75) is 6.92 Å². The smallest absolute Gasteiger partial charge is 0.255 e. The van der Waals surface area contributed by atoms with Gasteiger partial charge in [0.05, 0.1) is 7.11 Å². The Morgan fingerprint density at radius 2 is 1.85 bits per heavy atom. The van der Waals surface area contributed by atoms with Crippen LogP contribution in [0.25, 0.3) is 0 Å². The number of pyridine rings is 1. The van der Waals surface area contributed by atoms with Crippen LogP contribution in [-0.4, -0.2) is 18.0 Å². The zero-order valence-corrected chi connectivity index (χ0v) is 15.2. The van der Waals surface area contributed by atoms with Gasteiger partial charge in [-0.25, -0.2) is 4.98 Å². The summed E-state index contributed by atoms with van der Waals surface area (Å²) in [5.41, 5.74) is 2.98. The zero-order valence-electron chi connectivity index (χ0n) is 14.4. The number of carbonyl (C=O) groups is 1. The monoisotopic (exact) mass is 367 g/mol. The summed E-state index contributed by atoms with van der Waals surface area (Å²) in [7, 11) is 1.62. The predicted molar refractivity (Wildman–Crippen MR) is 105 cm³/mol. The van der Waals surface area contributed by atoms with E-state index in [1.807, 2.05) is 31.2 Å². The Kier molecular flexibility index (Phi) is 5.39. The Labute approximate surface area is 157 Å². The topological polar surface area (TPSA) is 63.2 Å². The average molecular weight is 368 g/mol. The highest BCUT2D eigenvalue weighted by Crippen LogP contribution is 2.22. The number of rotatable bonds is 5. The lowest BCUT2D eigenvalue weighted by atomic mass is 10.2. The minimum absolute atomic E-state index is 0.212. The van der Waals surface area contributed by atoms with Gasteiger partial charge in [0.1, 0.15) is 11.6 Å². The van der Waals surface area contributed by atoms with Gasteiger partial charge in [0, 0.05) is 28.2 Å². The second-order valence-electron chi connectivity index (χ2n) is 5.70. The van der Waals surface area contributed by atoms with Gasteiger partial charge in [-0.1, -0.05) is 11.6 Å². The Balaban J connectivity index is 1.74. The van der Waals surface area contributed by atoms with Crippen molar-refractivity contribution >= 4 is 34.7 Å². The van der Waals surface area contributed by atoms with Crippen LogP contribution in [0.15, 0.2) is 60.8 Å². The molecule has 3 aromatic rings. The maximum absolute atomic E-state index is 12.5. The van der Waals surface area contributed by atoms with Gasteiger partial charge in [0.2, 0.25) is 0 Å². The first-order valence-electron chi connectivity index (χ1n) is 8.00. The standard InChI is InChI=1S/C20H18ClN3O2/c1-13-11-15(21)3-8-18(13)24-20(25)14-9-10-22-19(12-14)23-16-4-6-17(26-2)7-5-16/h3-12H,1-2H3,(H,22,23)(H,24,25). The van der Waals surface area contributed by atoms with Crippen LogP contribution in [0.2, 0.25) is 5.02 Å². The van der Waals surface area contributed by atoms with Crippen molar-refractivity contribution in [1.29, 1.82) is 0 Å². The van der Waals surface area contributed by atoms with E-state index >= 15 is 0 Å². The van der Waals surface area contributed by atoms with Crippen LogP contribution < -0.4 is 15.4 Å². The third-order valence-electron chi connectivity index (χ3n) is 3.82. The second-order valence-corrected chi connectivity index (χ2v) is 6.13. The summed E-state index contributed by atoms with van der Waals surface area (Å²) in [6, 6.07) is 16.2. The maximum Gasteiger partial charge on any atom is 0.255 e. The highest BCUT2D eigenvalue weighted by molar-refractivity contribution is 6.30. The van der Waals surface area contributed by atoms with Gasteiger partial charge in [0.25, 0.3) is 5.91 Å². The summed E-state index contributed by atoms with van der Waals surface area (Å²) < 4.78 is 5.14. The summed E-state index contributed by atoms with van der Waals surface area (Å²) in [5.74, 6) is 1.14. The maximum atomic E-state index is 12.5. The van der Waals surface area contributed by atoms with Gasteiger partial charge >= 0.3 is 0 Å². The molecule has 0 saturated heterocycles. The summed E-state index contributed by atoms with van der Waals surface area (Å²) in [4.78, 5) is 16.8. The molecule has 0 radical (unpaired) electrons. The number of hydrogen-bond acceptors (Lipinski definition) is 4. The fraction of sp³-hybridized carbons (Fsp3) is 0.100. The summed E-state index contributed by atoms with van der Waals surface area (Å²) in [6.07, 6.45) is 1.59. The molecule has 0 atom stereocenters. The van der Waals surface area contributed by atoms with Crippen LogP contribution in [0.1, 0.15) is 15.9 Å². The number of ether oxygens (including phenoxy) is 1. The highest BCUT2D eigenvalue weighted by Gasteiger charge is 2.09. The van der Waals surface area contributed by atoms with Crippen molar-refractivity contribution in [3.8, 4) is 5.75 Å². The van der Waals surface area contributed by atoms with Crippen LogP contribution >= 0.6 is 11.6 Å². The molecule has 3 rings (SSSR count). The number of halogens is 1. The molecule has 0 aliphatic rings. The Morgan fingerprint density at radius 3 is 2.54 bits per heavy atom. The van der Waals surface area contributed by atoms with Crippen molar-refractivity contribution in [1.82, 2.24) is 4.98 Å². The second kappa shape index (κ2) is 7.89. The highest BCUT2D eigenvalue weighted by atomic mass is 35.5. The normalized spacial score (nSPS) is 10.3. The summed E-state index contributed by atoms with van der Waals surface area (Å²) >= 11 is 5.95. The molecule has 1 aromatic heterocycles. The number of amides is 1. The molecular weight excluding hydrogens is 350 g/mol. The van der Waals surface area contributed by atoms with E-state index in [1.165, 1.54) is 0 Å². The molecule has 0 spiro atoms. The molecule has 132 valence electrons. The molecule has 0 saturated carbocycles. The predicted octanol–water partition coefficient (Wildman–Crippen LogP) is 5.05. The molecule has 6 heteroatoms. The third kappa shape index (κ3) is 4.32. The van der Waals surface area contributed by atoms with E-state index < -0.39 is 0 Å². The van der Waals surface area contributed by atoms with Crippen molar-refractivity contribution in [3.05, 3.63) is 76.9 Å². The van der Waals surface area contributed by atoms with E-state index in [1.54, 1.807) is 43.6 Å². The van der Waals surface area contributed by atoms with Crippen LogP contribution in [0.5, 0.6) is 5.75 Å². The van der Waals surface area contributed by atoms with Gasteiger partial charge in [-0.05, 0) is 67.1 Å². The van der Waals surface area contributed by atoms with Gasteiger partial charge in [-0.2, -0.15) is 0 Å². The Hall–Kier alpha value is -3.05. The Morgan fingerprint density at radius 1 is 1.08 bits per heavy atom. The van der Waals surface area contributed by atoms with E-state index in [2.05, 4.69) is 15.6 Å². The number of carbonyl (C=O) groups excluding carboxylic acids is 1. The van der Waals surface area contributed by atoms with Crippen molar-refractivity contribution in [3.63, 3.8) is 0 Å². The third-order valence-corrected chi connectivity index (χ3v) is 4.06. The molecule has 0 unspecified atom stereocenters. The number of nitrogens with one attached hydrogen (secondary N) is 2.